The number of rotatable bonds is 1. The molecule has 4 nitrogen and oxygen atoms in total. The van der Waals surface area contributed by atoms with Crippen molar-refractivity contribution in [2.45, 2.75) is 6.92 Å². The minimum atomic E-state index is -3.32. The molecular formula is C3H8KNO3S. The zero-order valence-electron chi connectivity index (χ0n) is 4.63. The zero-order valence-corrected chi connectivity index (χ0v) is 5.45. The number of carbonyl (C=O) groups is 1. The van der Waals surface area contributed by atoms with Gasteiger partial charge in [-0.1, -0.05) is 0 Å². The maximum absolute atomic E-state index is 10.1. The fraction of sp³-hybridized carbons (Fsp3) is 0.667. The standard InChI is InChI=1S/C3H7NO3S.K.H/c1-3(5)4-8(2,6)7;;/h1-2H3,(H,4,5);;. The molecule has 0 heterocycles. The van der Waals surface area contributed by atoms with Gasteiger partial charge in [0.15, 0.2) is 0 Å². The molecule has 1 N–H and O–H groups in total. The first-order chi connectivity index (χ1) is 3.42. The molecule has 9 heavy (non-hydrogen) atoms. The van der Waals surface area contributed by atoms with E-state index in [-0.39, 0.29) is 51.4 Å². The molecule has 0 radical (unpaired) electrons. The molecule has 0 aromatic rings. The number of carbonyl (C=O) groups excluding carboxylic acids is 1. The Kier molecular flexibility index (Phi) is 6.79. The van der Waals surface area contributed by atoms with Crippen LogP contribution in [0.15, 0.2) is 0 Å². The van der Waals surface area contributed by atoms with Gasteiger partial charge in [-0.2, -0.15) is 0 Å². The van der Waals surface area contributed by atoms with Crippen LogP contribution in [0.3, 0.4) is 0 Å². The Labute approximate surface area is 96.9 Å². The van der Waals surface area contributed by atoms with Crippen LogP contribution in [0, 0.1) is 0 Å². The van der Waals surface area contributed by atoms with E-state index < -0.39 is 15.9 Å². The van der Waals surface area contributed by atoms with Gasteiger partial charge in [0.1, 0.15) is 0 Å². The average Bonchev–Trinajstić information content (AvgIpc) is 1.21. The van der Waals surface area contributed by atoms with Crippen molar-refractivity contribution < 1.29 is 13.2 Å². The molecule has 0 bridgehead atoms. The van der Waals surface area contributed by atoms with Crippen LogP contribution < -0.4 is 4.72 Å². The molecular weight excluding hydrogens is 169 g/mol. The van der Waals surface area contributed by atoms with Crippen molar-refractivity contribution in [2.24, 2.45) is 0 Å². The molecule has 6 heteroatoms. The quantitative estimate of drug-likeness (QED) is 0.492. The summed E-state index contributed by atoms with van der Waals surface area (Å²) in [6.45, 7) is 1.14. The summed E-state index contributed by atoms with van der Waals surface area (Å²) in [5, 5.41) is 0. The van der Waals surface area contributed by atoms with Crippen LogP contribution in [0.4, 0.5) is 0 Å². The molecule has 0 aromatic heterocycles. The van der Waals surface area contributed by atoms with Crippen molar-refractivity contribution in [1.82, 2.24) is 4.72 Å². The molecule has 0 aromatic carbocycles. The van der Waals surface area contributed by atoms with E-state index in [0.717, 1.165) is 13.2 Å². The van der Waals surface area contributed by atoms with Crippen LogP contribution >= 0.6 is 0 Å². The van der Waals surface area contributed by atoms with Gasteiger partial charge in [-0.25, -0.2) is 8.42 Å². The molecule has 0 unspecified atom stereocenters. The van der Waals surface area contributed by atoms with Gasteiger partial charge in [-0.05, 0) is 0 Å². The van der Waals surface area contributed by atoms with E-state index in [1.165, 1.54) is 0 Å². The summed E-state index contributed by atoms with van der Waals surface area (Å²) in [7, 11) is -3.32. The molecule has 1 amide bonds. The molecule has 0 aliphatic heterocycles. The van der Waals surface area contributed by atoms with Crippen molar-refractivity contribution >= 4 is 67.3 Å². The van der Waals surface area contributed by atoms with E-state index in [1.807, 2.05) is 0 Å². The second-order valence-corrected chi connectivity index (χ2v) is 3.18. The molecule has 0 saturated heterocycles. The van der Waals surface area contributed by atoms with E-state index >= 15 is 0 Å². The van der Waals surface area contributed by atoms with Gasteiger partial charge in [0, 0.05) is 6.92 Å². The van der Waals surface area contributed by atoms with Crippen LogP contribution in [0.25, 0.3) is 0 Å². The van der Waals surface area contributed by atoms with Gasteiger partial charge < -0.3 is 0 Å². The van der Waals surface area contributed by atoms with Crippen molar-refractivity contribution in [3.8, 4) is 0 Å². The predicted molar refractivity (Wildman–Crippen MR) is 35.8 cm³/mol. The first-order valence-electron chi connectivity index (χ1n) is 1.90. The molecule has 0 aliphatic carbocycles. The van der Waals surface area contributed by atoms with Crippen molar-refractivity contribution in [2.75, 3.05) is 6.26 Å². The Bertz CT molecular complexity index is 185. The molecule has 0 aliphatic rings. The Balaban J connectivity index is 0. The van der Waals surface area contributed by atoms with Crippen molar-refractivity contribution in [3.05, 3.63) is 0 Å². The minimum absolute atomic E-state index is 0. The van der Waals surface area contributed by atoms with Crippen molar-refractivity contribution in [3.63, 3.8) is 0 Å². The SMILES string of the molecule is CC(=O)NS(C)(=O)=O.[KH]. The predicted octanol–water partition coefficient (Wildman–Crippen LogP) is -1.57. The third-order valence-electron chi connectivity index (χ3n) is 0.329. The normalized spacial score (nSPS) is 9.56. The summed E-state index contributed by atoms with van der Waals surface area (Å²) < 4.78 is 21.9. The van der Waals surface area contributed by atoms with E-state index in [1.54, 1.807) is 4.72 Å². The molecule has 50 valence electrons. The summed E-state index contributed by atoms with van der Waals surface area (Å²) >= 11 is 0. The third-order valence-corrected chi connectivity index (χ3v) is 0.987. The van der Waals surface area contributed by atoms with Gasteiger partial charge in [0.05, 0.1) is 6.26 Å². The average molecular weight is 177 g/mol. The van der Waals surface area contributed by atoms with Crippen LogP contribution in [-0.2, 0) is 14.8 Å². The third kappa shape index (κ3) is 12.3. The van der Waals surface area contributed by atoms with Gasteiger partial charge in [-0.3, -0.25) is 9.52 Å². The first kappa shape index (κ1) is 12.7. The topological polar surface area (TPSA) is 63.2 Å². The number of amides is 1. The van der Waals surface area contributed by atoms with Crippen molar-refractivity contribution in [1.29, 1.82) is 0 Å². The van der Waals surface area contributed by atoms with Gasteiger partial charge in [0.2, 0.25) is 15.9 Å². The van der Waals surface area contributed by atoms with E-state index in [2.05, 4.69) is 0 Å². The second-order valence-electron chi connectivity index (χ2n) is 1.43. The Morgan fingerprint density at radius 2 is 1.78 bits per heavy atom. The van der Waals surface area contributed by atoms with Gasteiger partial charge >= 0.3 is 51.4 Å². The van der Waals surface area contributed by atoms with E-state index in [4.69, 9.17) is 0 Å². The maximum atomic E-state index is 10.1. The second kappa shape index (κ2) is 4.81. The van der Waals surface area contributed by atoms with Gasteiger partial charge in [0.25, 0.3) is 0 Å². The summed E-state index contributed by atoms with van der Waals surface area (Å²) in [6.07, 6.45) is 0.925. The Morgan fingerprint density at radius 1 is 1.44 bits per heavy atom. The first-order valence-corrected chi connectivity index (χ1v) is 3.79. The van der Waals surface area contributed by atoms with Crippen LogP contribution in [0.1, 0.15) is 6.92 Å². The molecule has 0 spiro atoms. The summed E-state index contributed by atoms with van der Waals surface area (Å²) in [5.74, 6) is -0.562. The van der Waals surface area contributed by atoms with Gasteiger partial charge in [-0.15, -0.1) is 0 Å². The number of hydrogen-bond acceptors (Lipinski definition) is 3. The summed E-state index contributed by atoms with van der Waals surface area (Å²) in [6, 6.07) is 0. The molecule has 0 saturated carbocycles. The summed E-state index contributed by atoms with van der Waals surface area (Å²) in [4.78, 5) is 9.97. The Hall–Kier alpha value is 1.06. The fourth-order valence-electron chi connectivity index (χ4n) is 0.261. The number of nitrogens with one attached hydrogen (secondary N) is 1. The van der Waals surface area contributed by atoms with E-state index in [0.29, 0.717) is 0 Å². The van der Waals surface area contributed by atoms with Crippen LogP contribution in [0.5, 0.6) is 0 Å². The molecule has 0 fully saturated rings. The van der Waals surface area contributed by atoms with E-state index in [9.17, 15) is 13.2 Å². The van der Waals surface area contributed by atoms with Crippen LogP contribution in [-0.4, -0.2) is 72.0 Å². The zero-order chi connectivity index (χ0) is 6.78. The monoisotopic (exact) mass is 177 g/mol. The Morgan fingerprint density at radius 3 is 1.78 bits per heavy atom. The number of hydrogen-bond donors (Lipinski definition) is 1. The number of sulfonamides is 1. The molecule has 0 atom stereocenters. The summed E-state index contributed by atoms with van der Waals surface area (Å²) in [5.41, 5.74) is 0. The fourth-order valence-corrected chi connectivity index (χ4v) is 0.783. The molecule has 0 rings (SSSR count). The van der Waals surface area contributed by atoms with Crippen LogP contribution in [0.2, 0.25) is 0 Å².